The van der Waals surface area contributed by atoms with Gasteiger partial charge in [0.1, 0.15) is 29.5 Å². The number of ether oxygens (including phenoxy) is 2. The molecule has 0 saturated heterocycles. The summed E-state index contributed by atoms with van der Waals surface area (Å²) in [5.74, 6) is -0.983. The van der Waals surface area contributed by atoms with E-state index in [4.69, 9.17) is 4.74 Å². The van der Waals surface area contributed by atoms with Gasteiger partial charge in [-0.3, -0.25) is 9.59 Å². The Morgan fingerprint density at radius 1 is 1.07 bits per heavy atom. The van der Waals surface area contributed by atoms with Crippen LogP contribution in [0.1, 0.15) is 33.5 Å². The van der Waals surface area contributed by atoms with E-state index in [1.54, 1.807) is 19.2 Å². The smallest absolute Gasteiger partial charge is 0.328 e. The lowest BCUT2D eigenvalue weighted by molar-refractivity contribution is -0.142. The molecule has 27 heavy (non-hydrogen) atoms. The Balaban J connectivity index is 2.02. The summed E-state index contributed by atoms with van der Waals surface area (Å²) in [6, 6.07) is 7.66. The van der Waals surface area contributed by atoms with E-state index in [1.807, 2.05) is 12.1 Å². The minimum atomic E-state index is -0.845. The second kappa shape index (κ2) is 9.27. The minimum absolute atomic E-state index is 0.0313. The number of amides is 2. The zero-order valence-corrected chi connectivity index (χ0v) is 15.2. The summed E-state index contributed by atoms with van der Waals surface area (Å²) in [4.78, 5) is 43.5. The Kier molecular flexibility index (Phi) is 6.81. The van der Waals surface area contributed by atoms with E-state index in [-0.39, 0.29) is 17.9 Å². The van der Waals surface area contributed by atoms with Crippen molar-refractivity contribution >= 4 is 17.8 Å². The zero-order chi connectivity index (χ0) is 19.8. The molecule has 2 amide bonds. The van der Waals surface area contributed by atoms with Gasteiger partial charge in [-0.05, 0) is 24.6 Å². The first kappa shape index (κ1) is 19.8. The molecule has 2 N–H and O–H groups in total. The first-order valence-electron chi connectivity index (χ1n) is 8.06. The highest BCUT2D eigenvalue weighted by atomic mass is 16.5. The number of carbonyl (C=O) groups is 3. The SMILES string of the molecule is COC(=O)C(C)NC(=O)c1cc(C(=O)NCc2cccc(OC)c2)ncn1. The van der Waals surface area contributed by atoms with Gasteiger partial charge in [0, 0.05) is 12.6 Å². The third-order valence-electron chi connectivity index (χ3n) is 3.62. The number of methoxy groups -OCH3 is 2. The van der Waals surface area contributed by atoms with Gasteiger partial charge in [-0.1, -0.05) is 12.1 Å². The number of carbonyl (C=O) groups excluding carboxylic acids is 3. The fraction of sp³-hybridized carbons (Fsp3) is 0.278. The van der Waals surface area contributed by atoms with Crippen molar-refractivity contribution in [2.45, 2.75) is 19.5 Å². The molecule has 2 aromatic rings. The monoisotopic (exact) mass is 372 g/mol. The van der Waals surface area contributed by atoms with Crippen molar-refractivity contribution in [1.29, 1.82) is 0 Å². The molecule has 0 bridgehead atoms. The first-order valence-corrected chi connectivity index (χ1v) is 8.06. The van der Waals surface area contributed by atoms with Crippen molar-refractivity contribution in [3.63, 3.8) is 0 Å². The van der Waals surface area contributed by atoms with Crippen LogP contribution in [0.15, 0.2) is 36.7 Å². The molecule has 9 nitrogen and oxygen atoms in total. The topological polar surface area (TPSA) is 120 Å². The molecule has 1 heterocycles. The molecule has 0 saturated carbocycles. The van der Waals surface area contributed by atoms with E-state index in [1.165, 1.54) is 20.1 Å². The summed E-state index contributed by atoms with van der Waals surface area (Å²) < 4.78 is 9.68. The summed E-state index contributed by atoms with van der Waals surface area (Å²) in [5.41, 5.74) is 0.845. The van der Waals surface area contributed by atoms with Crippen molar-refractivity contribution in [2.24, 2.45) is 0 Å². The van der Waals surface area contributed by atoms with Crippen LogP contribution in [-0.4, -0.2) is 48.0 Å². The normalized spacial score (nSPS) is 11.2. The van der Waals surface area contributed by atoms with E-state index >= 15 is 0 Å². The van der Waals surface area contributed by atoms with Crippen LogP contribution >= 0.6 is 0 Å². The van der Waals surface area contributed by atoms with Gasteiger partial charge < -0.3 is 20.1 Å². The largest absolute Gasteiger partial charge is 0.497 e. The lowest BCUT2D eigenvalue weighted by Gasteiger charge is -2.11. The third-order valence-corrected chi connectivity index (χ3v) is 3.62. The summed E-state index contributed by atoms with van der Waals surface area (Å²) in [7, 11) is 2.78. The van der Waals surface area contributed by atoms with Crippen molar-refractivity contribution in [3.05, 3.63) is 53.6 Å². The quantitative estimate of drug-likeness (QED) is 0.687. The van der Waals surface area contributed by atoms with Crippen LogP contribution < -0.4 is 15.4 Å². The number of hydrogen-bond donors (Lipinski definition) is 2. The summed E-state index contributed by atoms with van der Waals surface area (Å²) in [6.07, 6.45) is 1.11. The molecule has 1 aromatic heterocycles. The molecule has 0 spiro atoms. The Labute approximate surface area is 156 Å². The number of hydrogen-bond acceptors (Lipinski definition) is 7. The number of rotatable bonds is 7. The second-order valence-corrected chi connectivity index (χ2v) is 5.54. The van der Waals surface area contributed by atoms with E-state index < -0.39 is 23.8 Å². The maximum absolute atomic E-state index is 12.3. The van der Waals surface area contributed by atoms with Gasteiger partial charge in [0.2, 0.25) is 0 Å². The van der Waals surface area contributed by atoms with Crippen molar-refractivity contribution in [2.75, 3.05) is 14.2 Å². The van der Waals surface area contributed by atoms with Gasteiger partial charge in [0.25, 0.3) is 11.8 Å². The number of benzene rings is 1. The van der Waals surface area contributed by atoms with E-state index in [0.29, 0.717) is 5.75 Å². The van der Waals surface area contributed by atoms with Gasteiger partial charge in [0.15, 0.2) is 0 Å². The molecule has 2 rings (SSSR count). The van der Waals surface area contributed by atoms with E-state index in [9.17, 15) is 14.4 Å². The summed E-state index contributed by atoms with van der Waals surface area (Å²) >= 11 is 0. The number of nitrogens with one attached hydrogen (secondary N) is 2. The van der Waals surface area contributed by atoms with Crippen LogP contribution in [0.5, 0.6) is 5.75 Å². The van der Waals surface area contributed by atoms with Crippen molar-refractivity contribution < 1.29 is 23.9 Å². The lowest BCUT2D eigenvalue weighted by atomic mass is 10.2. The molecule has 0 aliphatic rings. The lowest BCUT2D eigenvalue weighted by Crippen LogP contribution is -2.39. The summed E-state index contributed by atoms with van der Waals surface area (Å²) in [6.45, 7) is 1.74. The standard InChI is InChI=1S/C18H20N4O5/c1-11(18(25)27-3)22-17(24)15-8-14(20-10-21-15)16(23)19-9-12-5-4-6-13(7-12)26-2/h4-8,10-11H,9H2,1-3H3,(H,19,23)(H,22,24). The van der Waals surface area contributed by atoms with Crippen LogP contribution in [0, 0.1) is 0 Å². The van der Waals surface area contributed by atoms with Crippen molar-refractivity contribution in [1.82, 2.24) is 20.6 Å². The highest BCUT2D eigenvalue weighted by Crippen LogP contribution is 2.12. The Morgan fingerprint density at radius 2 is 1.78 bits per heavy atom. The fourth-order valence-corrected chi connectivity index (χ4v) is 2.17. The second-order valence-electron chi connectivity index (χ2n) is 5.54. The van der Waals surface area contributed by atoms with Crippen LogP contribution in [-0.2, 0) is 16.1 Å². The van der Waals surface area contributed by atoms with Crippen molar-refractivity contribution in [3.8, 4) is 5.75 Å². The third kappa shape index (κ3) is 5.50. The van der Waals surface area contributed by atoms with Gasteiger partial charge >= 0.3 is 5.97 Å². The van der Waals surface area contributed by atoms with Gasteiger partial charge in [0.05, 0.1) is 14.2 Å². The highest BCUT2D eigenvalue weighted by Gasteiger charge is 2.19. The van der Waals surface area contributed by atoms with Gasteiger partial charge in [-0.15, -0.1) is 0 Å². The average Bonchev–Trinajstić information content (AvgIpc) is 2.71. The number of nitrogens with zero attached hydrogens (tertiary/aromatic N) is 2. The van der Waals surface area contributed by atoms with Crippen LogP contribution in [0.2, 0.25) is 0 Å². The Bertz CT molecular complexity index is 840. The van der Waals surface area contributed by atoms with Crippen LogP contribution in [0.25, 0.3) is 0 Å². The maximum Gasteiger partial charge on any atom is 0.328 e. The number of aromatic nitrogens is 2. The molecule has 0 fully saturated rings. The minimum Gasteiger partial charge on any atom is -0.497 e. The molecule has 1 atom stereocenters. The van der Waals surface area contributed by atoms with Gasteiger partial charge in [-0.2, -0.15) is 0 Å². The Morgan fingerprint density at radius 3 is 2.44 bits per heavy atom. The molecule has 9 heteroatoms. The van der Waals surface area contributed by atoms with E-state index in [2.05, 4.69) is 25.3 Å². The summed E-state index contributed by atoms with van der Waals surface area (Å²) in [5, 5.41) is 5.14. The molecule has 0 radical (unpaired) electrons. The molecule has 142 valence electrons. The molecular weight excluding hydrogens is 352 g/mol. The molecular formula is C18H20N4O5. The van der Waals surface area contributed by atoms with Crippen LogP contribution in [0.4, 0.5) is 0 Å². The molecule has 0 aliphatic heterocycles. The predicted molar refractivity (Wildman–Crippen MR) is 95.1 cm³/mol. The van der Waals surface area contributed by atoms with Crippen LogP contribution in [0.3, 0.4) is 0 Å². The molecule has 1 aromatic carbocycles. The maximum atomic E-state index is 12.3. The average molecular weight is 372 g/mol. The predicted octanol–water partition coefficient (Wildman–Crippen LogP) is 0.706. The molecule has 1 unspecified atom stereocenters. The highest BCUT2D eigenvalue weighted by molar-refractivity contribution is 5.98. The first-order chi connectivity index (χ1) is 12.9. The zero-order valence-electron chi connectivity index (χ0n) is 15.2. The molecule has 0 aliphatic carbocycles. The van der Waals surface area contributed by atoms with Gasteiger partial charge in [-0.25, -0.2) is 14.8 Å². The fourth-order valence-electron chi connectivity index (χ4n) is 2.17. The number of esters is 1. The Hall–Kier alpha value is -3.49. The van der Waals surface area contributed by atoms with E-state index in [0.717, 1.165) is 11.9 Å².